The molecule has 0 unspecified atom stereocenters. The van der Waals surface area contributed by atoms with Crippen LogP contribution in [-0.4, -0.2) is 16.7 Å². The van der Waals surface area contributed by atoms with E-state index in [1.165, 1.54) is 10.6 Å². The number of rotatable bonds is 4. The molecule has 0 atom stereocenters. The summed E-state index contributed by atoms with van der Waals surface area (Å²) >= 11 is 0. The Morgan fingerprint density at radius 2 is 2.17 bits per heavy atom. The van der Waals surface area contributed by atoms with E-state index < -0.39 is 0 Å². The molecule has 0 aliphatic rings. The lowest BCUT2D eigenvalue weighted by Crippen LogP contribution is -2.15. The maximum atomic E-state index is 11.2. The van der Waals surface area contributed by atoms with Gasteiger partial charge in [0.15, 0.2) is 0 Å². The van der Waals surface area contributed by atoms with Crippen LogP contribution in [-0.2, 0) is 13.6 Å². The topological polar surface area (TPSA) is 56.1 Å². The average molecular weight is 245 g/mol. The standard InChI is InChI=1S/C13H15N3O2/c1-16-9-11(6-7-13(16)17)14-8-10-4-3-5-12(15-10)18-2/h3-7,9,14H,8H2,1-2H3. The van der Waals surface area contributed by atoms with Crippen molar-refractivity contribution in [2.45, 2.75) is 6.54 Å². The van der Waals surface area contributed by atoms with Crippen molar-refractivity contribution in [2.24, 2.45) is 7.05 Å². The second-order valence-corrected chi connectivity index (χ2v) is 3.89. The SMILES string of the molecule is COc1cccc(CNc2ccc(=O)n(C)c2)n1. The summed E-state index contributed by atoms with van der Waals surface area (Å²) in [4.78, 5) is 15.5. The third-order valence-electron chi connectivity index (χ3n) is 2.55. The van der Waals surface area contributed by atoms with Crippen molar-refractivity contribution in [1.82, 2.24) is 9.55 Å². The molecule has 0 aliphatic heterocycles. The third-order valence-corrected chi connectivity index (χ3v) is 2.55. The van der Waals surface area contributed by atoms with Gasteiger partial charge in [0.25, 0.3) is 0 Å². The van der Waals surface area contributed by atoms with Crippen LogP contribution in [0, 0.1) is 0 Å². The lowest BCUT2D eigenvalue weighted by molar-refractivity contribution is 0.396. The van der Waals surface area contributed by atoms with Crippen molar-refractivity contribution in [3.05, 3.63) is 52.6 Å². The van der Waals surface area contributed by atoms with Gasteiger partial charge in [0.2, 0.25) is 11.4 Å². The van der Waals surface area contributed by atoms with E-state index in [0.29, 0.717) is 12.4 Å². The predicted molar refractivity (Wildman–Crippen MR) is 69.8 cm³/mol. The zero-order valence-electron chi connectivity index (χ0n) is 10.4. The van der Waals surface area contributed by atoms with Gasteiger partial charge in [-0.1, -0.05) is 6.07 Å². The lowest BCUT2D eigenvalue weighted by Gasteiger charge is -2.08. The molecule has 0 saturated heterocycles. The van der Waals surface area contributed by atoms with E-state index in [1.54, 1.807) is 32.5 Å². The average Bonchev–Trinajstić information content (AvgIpc) is 2.40. The molecule has 0 radical (unpaired) electrons. The van der Waals surface area contributed by atoms with Gasteiger partial charge >= 0.3 is 0 Å². The van der Waals surface area contributed by atoms with Crippen LogP contribution >= 0.6 is 0 Å². The number of ether oxygens (including phenoxy) is 1. The molecule has 0 spiro atoms. The number of hydrogen-bond acceptors (Lipinski definition) is 4. The fourth-order valence-electron chi connectivity index (χ4n) is 1.56. The molecular weight excluding hydrogens is 230 g/mol. The molecule has 0 fully saturated rings. The van der Waals surface area contributed by atoms with E-state index in [1.807, 2.05) is 12.1 Å². The zero-order chi connectivity index (χ0) is 13.0. The number of aromatic nitrogens is 2. The number of anilines is 1. The van der Waals surface area contributed by atoms with Crippen molar-refractivity contribution >= 4 is 5.69 Å². The monoisotopic (exact) mass is 245 g/mol. The first-order valence-electron chi connectivity index (χ1n) is 5.59. The Balaban J connectivity index is 2.06. The Bertz CT molecular complexity index is 593. The van der Waals surface area contributed by atoms with E-state index in [-0.39, 0.29) is 5.56 Å². The van der Waals surface area contributed by atoms with Gasteiger partial charge < -0.3 is 14.6 Å². The molecule has 2 heterocycles. The summed E-state index contributed by atoms with van der Waals surface area (Å²) in [5.74, 6) is 0.592. The summed E-state index contributed by atoms with van der Waals surface area (Å²) in [6, 6.07) is 8.89. The largest absolute Gasteiger partial charge is 0.481 e. The zero-order valence-corrected chi connectivity index (χ0v) is 10.4. The smallest absolute Gasteiger partial charge is 0.250 e. The van der Waals surface area contributed by atoms with Crippen LogP contribution in [0.3, 0.4) is 0 Å². The number of nitrogens with zero attached hydrogens (tertiary/aromatic N) is 2. The van der Waals surface area contributed by atoms with Crippen LogP contribution in [0.4, 0.5) is 5.69 Å². The van der Waals surface area contributed by atoms with Crippen LogP contribution in [0.15, 0.2) is 41.3 Å². The molecule has 0 bridgehead atoms. The van der Waals surface area contributed by atoms with Crippen molar-refractivity contribution < 1.29 is 4.74 Å². The Labute approximate surface area is 105 Å². The minimum atomic E-state index is -0.0277. The Kier molecular flexibility index (Phi) is 3.62. The molecule has 18 heavy (non-hydrogen) atoms. The first kappa shape index (κ1) is 12.2. The second kappa shape index (κ2) is 5.35. The van der Waals surface area contributed by atoms with E-state index in [2.05, 4.69) is 10.3 Å². The molecule has 0 saturated carbocycles. The molecular formula is C13H15N3O2. The van der Waals surface area contributed by atoms with Gasteiger partial charge in [-0.05, 0) is 12.1 Å². The normalized spacial score (nSPS) is 10.1. The highest BCUT2D eigenvalue weighted by atomic mass is 16.5. The summed E-state index contributed by atoms with van der Waals surface area (Å²) in [6.45, 7) is 0.579. The molecule has 0 amide bonds. The molecule has 1 N–H and O–H groups in total. The molecule has 0 aliphatic carbocycles. The van der Waals surface area contributed by atoms with E-state index in [4.69, 9.17) is 4.74 Å². The fourth-order valence-corrected chi connectivity index (χ4v) is 1.56. The summed E-state index contributed by atoms with van der Waals surface area (Å²) in [6.07, 6.45) is 1.75. The quantitative estimate of drug-likeness (QED) is 0.884. The summed E-state index contributed by atoms with van der Waals surface area (Å²) in [7, 11) is 3.31. The van der Waals surface area contributed by atoms with Gasteiger partial charge in [0, 0.05) is 25.4 Å². The maximum absolute atomic E-state index is 11.2. The summed E-state index contributed by atoms with van der Waals surface area (Å²) < 4.78 is 6.59. The highest BCUT2D eigenvalue weighted by Gasteiger charge is 1.99. The Morgan fingerprint density at radius 3 is 2.89 bits per heavy atom. The number of pyridine rings is 2. The van der Waals surface area contributed by atoms with Crippen molar-refractivity contribution in [2.75, 3.05) is 12.4 Å². The van der Waals surface area contributed by atoms with Gasteiger partial charge in [0.1, 0.15) is 0 Å². The van der Waals surface area contributed by atoms with Crippen molar-refractivity contribution in [1.29, 1.82) is 0 Å². The number of hydrogen-bond donors (Lipinski definition) is 1. The van der Waals surface area contributed by atoms with Crippen molar-refractivity contribution in [3.8, 4) is 5.88 Å². The molecule has 2 aromatic heterocycles. The third kappa shape index (κ3) is 2.88. The first-order chi connectivity index (χ1) is 8.69. The van der Waals surface area contributed by atoms with Gasteiger partial charge in [0.05, 0.1) is 25.0 Å². The van der Waals surface area contributed by atoms with Crippen LogP contribution < -0.4 is 15.6 Å². The van der Waals surface area contributed by atoms with Crippen LogP contribution in [0.5, 0.6) is 5.88 Å². The molecule has 2 rings (SSSR count). The molecule has 5 nitrogen and oxygen atoms in total. The molecule has 5 heteroatoms. The van der Waals surface area contributed by atoms with Gasteiger partial charge in [-0.25, -0.2) is 4.98 Å². The van der Waals surface area contributed by atoms with Gasteiger partial charge in [-0.2, -0.15) is 0 Å². The first-order valence-corrected chi connectivity index (χ1v) is 5.59. The fraction of sp³-hybridized carbons (Fsp3) is 0.231. The Morgan fingerprint density at radius 1 is 1.33 bits per heavy atom. The lowest BCUT2D eigenvalue weighted by atomic mass is 10.3. The van der Waals surface area contributed by atoms with Gasteiger partial charge in [-0.3, -0.25) is 4.79 Å². The molecule has 2 aromatic rings. The number of nitrogens with one attached hydrogen (secondary N) is 1. The molecule has 0 aromatic carbocycles. The molecule has 94 valence electrons. The van der Waals surface area contributed by atoms with E-state index in [0.717, 1.165) is 11.4 Å². The highest BCUT2D eigenvalue weighted by Crippen LogP contribution is 2.09. The van der Waals surface area contributed by atoms with Gasteiger partial charge in [-0.15, -0.1) is 0 Å². The highest BCUT2D eigenvalue weighted by molar-refractivity contribution is 5.40. The predicted octanol–water partition coefficient (Wildman–Crippen LogP) is 1.40. The summed E-state index contributed by atoms with van der Waals surface area (Å²) in [5, 5.41) is 3.20. The van der Waals surface area contributed by atoms with Crippen LogP contribution in [0.1, 0.15) is 5.69 Å². The number of aryl methyl sites for hydroxylation is 1. The van der Waals surface area contributed by atoms with E-state index >= 15 is 0 Å². The Hall–Kier alpha value is -2.30. The minimum Gasteiger partial charge on any atom is -0.481 e. The van der Waals surface area contributed by atoms with E-state index in [9.17, 15) is 4.79 Å². The number of methoxy groups -OCH3 is 1. The van der Waals surface area contributed by atoms with Crippen LogP contribution in [0.25, 0.3) is 0 Å². The van der Waals surface area contributed by atoms with Crippen LogP contribution in [0.2, 0.25) is 0 Å². The maximum Gasteiger partial charge on any atom is 0.250 e. The van der Waals surface area contributed by atoms with Crippen molar-refractivity contribution in [3.63, 3.8) is 0 Å². The minimum absolute atomic E-state index is 0.0277. The summed E-state index contributed by atoms with van der Waals surface area (Å²) in [5.41, 5.74) is 1.73. The second-order valence-electron chi connectivity index (χ2n) is 3.89.